The molecule has 6 amide bonds. The number of alkyl halides is 4. The van der Waals surface area contributed by atoms with Gasteiger partial charge in [0.05, 0.1) is 35.5 Å². The Morgan fingerprint density at radius 3 is 1.37 bits per heavy atom. The fourth-order valence-corrected chi connectivity index (χ4v) is 4.75. The number of nitroso groups, excluding NO2 is 3. The molecular formula is C24H43Cl4N9O6. The van der Waals surface area contributed by atoms with Gasteiger partial charge in [0.2, 0.25) is 0 Å². The van der Waals surface area contributed by atoms with Crippen LogP contribution in [0.5, 0.6) is 0 Å². The molecule has 2 fully saturated rings. The van der Waals surface area contributed by atoms with Gasteiger partial charge in [-0.3, -0.25) is 0 Å². The summed E-state index contributed by atoms with van der Waals surface area (Å²) < 4.78 is 0. The summed E-state index contributed by atoms with van der Waals surface area (Å²) in [6, 6.07) is -1.09. The van der Waals surface area contributed by atoms with E-state index in [4.69, 9.17) is 46.4 Å². The monoisotopic (exact) mass is 693 g/mol. The van der Waals surface area contributed by atoms with E-state index in [1.165, 1.54) is 6.42 Å². The Bertz CT molecular complexity index is 822. The number of amides is 6. The Morgan fingerprint density at radius 1 is 0.605 bits per heavy atom. The molecule has 19 heteroatoms. The molecule has 0 unspecified atom stereocenters. The van der Waals surface area contributed by atoms with Crippen LogP contribution < -0.4 is 16.0 Å². The minimum absolute atomic E-state index is 0.0964. The van der Waals surface area contributed by atoms with Gasteiger partial charge >= 0.3 is 18.1 Å². The van der Waals surface area contributed by atoms with E-state index >= 15 is 0 Å². The van der Waals surface area contributed by atoms with Gasteiger partial charge < -0.3 is 16.0 Å². The number of urea groups is 3. The molecule has 0 aliphatic heterocycles. The maximum Gasteiger partial charge on any atom is 0.340 e. The van der Waals surface area contributed by atoms with E-state index in [2.05, 4.69) is 38.7 Å². The number of halogens is 4. The molecule has 0 spiro atoms. The fourth-order valence-electron chi connectivity index (χ4n) is 4.17. The second-order valence-electron chi connectivity index (χ2n) is 9.79. The van der Waals surface area contributed by atoms with Crippen molar-refractivity contribution in [2.45, 2.75) is 76.8 Å². The van der Waals surface area contributed by atoms with E-state index in [1.54, 1.807) is 0 Å². The van der Waals surface area contributed by atoms with Crippen molar-refractivity contribution in [1.29, 1.82) is 0 Å². The Hall–Kier alpha value is -2.23. The summed E-state index contributed by atoms with van der Waals surface area (Å²) in [4.78, 5) is 64.7. The summed E-state index contributed by atoms with van der Waals surface area (Å²) in [5.41, 5.74) is 0. The molecule has 0 aromatic rings. The summed E-state index contributed by atoms with van der Waals surface area (Å²) in [7, 11) is 0. The lowest BCUT2D eigenvalue weighted by Crippen LogP contribution is -2.44. The molecule has 43 heavy (non-hydrogen) atoms. The molecule has 2 saturated carbocycles. The van der Waals surface area contributed by atoms with Gasteiger partial charge in [0.15, 0.2) is 0 Å². The summed E-state index contributed by atoms with van der Waals surface area (Å²) in [6.45, 7) is 2.92. The third kappa shape index (κ3) is 18.9. The van der Waals surface area contributed by atoms with Crippen molar-refractivity contribution in [3.8, 4) is 0 Å². The van der Waals surface area contributed by atoms with Crippen LogP contribution in [0.4, 0.5) is 14.4 Å². The Morgan fingerprint density at radius 2 is 1.00 bits per heavy atom. The zero-order valence-corrected chi connectivity index (χ0v) is 27.4. The number of rotatable bonds is 13. The highest BCUT2D eigenvalue weighted by molar-refractivity contribution is 6.18. The van der Waals surface area contributed by atoms with Crippen molar-refractivity contribution >= 4 is 64.5 Å². The molecule has 0 aromatic heterocycles. The normalized spacial score (nSPS) is 17.8. The molecule has 0 aromatic carbocycles. The first-order valence-electron chi connectivity index (χ1n) is 14.2. The quantitative estimate of drug-likeness (QED) is 0.122. The average Bonchev–Trinajstić information content (AvgIpc) is 3.02. The van der Waals surface area contributed by atoms with Crippen LogP contribution >= 0.6 is 46.4 Å². The lowest BCUT2D eigenvalue weighted by Gasteiger charge is -2.27. The number of carbonyl (C=O) groups excluding carboxylic acids is 3. The Balaban J connectivity index is 0.000000623. The van der Waals surface area contributed by atoms with Gasteiger partial charge in [-0.15, -0.1) is 61.1 Å². The van der Waals surface area contributed by atoms with Crippen LogP contribution in [-0.4, -0.2) is 94.9 Å². The van der Waals surface area contributed by atoms with E-state index in [0.717, 1.165) is 67.3 Å². The molecule has 0 saturated heterocycles. The number of nitrogens with zero attached hydrogens (tertiary/aromatic N) is 6. The van der Waals surface area contributed by atoms with E-state index in [9.17, 15) is 29.1 Å². The zero-order valence-electron chi connectivity index (χ0n) is 24.4. The number of carbonyl (C=O) groups is 3. The van der Waals surface area contributed by atoms with Gasteiger partial charge in [0.25, 0.3) is 0 Å². The van der Waals surface area contributed by atoms with Crippen LogP contribution in [0.2, 0.25) is 0 Å². The van der Waals surface area contributed by atoms with Crippen LogP contribution in [0.15, 0.2) is 15.9 Å². The minimum Gasteiger partial charge on any atom is -0.335 e. The summed E-state index contributed by atoms with van der Waals surface area (Å²) in [5, 5.41) is 18.1. The van der Waals surface area contributed by atoms with Crippen molar-refractivity contribution in [1.82, 2.24) is 31.0 Å². The molecule has 2 aliphatic carbocycles. The van der Waals surface area contributed by atoms with Crippen LogP contribution in [0.3, 0.4) is 0 Å². The zero-order chi connectivity index (χ0) is 32.5. The van der Waals surface area contributed by atoms with E-state index < -0.39 is 18.1 Å². The third-order valence-corrected chi connectivity index (χ3v) is 7.23. The maximum absolute atomic E-state index is 11.6. The molecule has 2 aliphatic rings. The van der Waals surface area contributed by atoms with Crippen LogP contribution in [0, 0.1) is 20.6 Å². The first kappa shape index (κ1) is 40.8. The Labute approximate surface area is 272 Å². The van der Waals surface area contributed by atoms with E-state index in [0.29, 0.717) is 17.4 Å². The van der Waals surface area contributed by atoms with Gasteiger partial charge in [0, 0.05) is 42.1 Å². The highest BCUT2D eigenvalue weighted by Gasteiger charge is 2.23. The van der Waals surface area contributed by atoms with Gasteiger partial charge in [-0.05, 0) is 44.4 Å². The minimum atomic E-state index is -0.578. The van der Waals surface area contributed by atoms with Gasteiger partial charge in [0.1, 0.15) is 0 Å². The largest absolute Gasteiger partial charge is 0.340 e. The molecule has 0 radical (unpaired) electrons. The summed E-state index contributed by atoms with van der Waals surface area (Å²) in [5.74, 6) is 1.61. The van der Waals surface area contributed by atoms with Crippen molar-refractivity contribution in [2.75, 3.05) is 49.7 Å². The predicted molar refractivity (Wildman–Crippen MR) is 169 cm³/mol. The number of hydrogen-bond donors (Lipinski definition) is 3. The second kappa shape index (κ2) is 26.2. The first-order chi connectivity index (χ1) is 20.7. The highest BCUT2D eigenvalue weighted by atomic mass is 35.5. The standard InChI is InChI=1S/C10H18ClN3O2.C9H16ClN3O2.C5H9Cl2N3O2/c1-8-2-4-9(5-3-8)12-10(15)14(13-16)7-6-11;10-6-7-13(12-15)9(14)11-8-4-2-1-3-5-8;6-1-3-8-5(11)10(9-12)4-2-7/h8-9H,2-7H2,1H3,(H,12,15);8H,1-7H2,(H,11,14);1-4H2,(H,8,11). The summed E-state index contributed by atoms with van der Waals surface area (Å²) in [6.07, 6.45) is 9.65. The third-order valence-electron chi connectivity index (χ3n) is 6.53. The molecule has 0 heterocycles. The first-order valence-corrected chi connectivity index (χ1v) is 16.3. The van der Waals surface area contributed by atoms with Crippen molar-refractivity contribution in [3.63, 3.8) is 0 Å². The summed E-state index contributed by atoms with van der Waals surface area (Å²) >= 11 is 21.5. The SMILES string of the molecule is CC1CCC(NC(=O)N(CCCl)N=O)CC1.O=NN(CCCl)C(=O)NC1CCCCC1.O=NN(CCCl)C(=O)NCCCl. The predicted octanol–water partition coefficient (Wildman–Crippen LogP) is 5.90. The average molecular weight is 695 g/mol. The molecular weight excluding hydrogens is 652 g/mol. The van der Waals surface area contributed by atoms with Crippen LogP contribution in [-0.2, 0) is 0 Å². The van der Waals surface area contributed by atoms with Crippen molar-refractivity contribution in [3.05, 3.63) is 14.7 Å². The molecule has 2 rings (SSSR count). The Kier molecular flexibility index (Phi) is 24.8. The number of nitrogens with one attached hydrogen (secondary N) is 3. The molecule has 15 nitrogen and oxygen atoms in total. The van der Waals surface area contributed by atoms with E-state index in [-0.39, 0.29) is 49.4 Å². The smallest absolute Gasteiger partial charge is 0.335 e. The fraction of sp³-hybridized carbons (Fsp3) is 0.875. The lowest BCUT2D eigenvalue weighted by molar-refractivity contribution is 0.191. The van der Waals surface area contributed by atoms with Crippen molar-refractivity contribution < 1.29 is 14.4 Å². The van der Waals surface area contributed by atoms with E-state index in [1.807, 2.05) is 0 Å². The maximum atomic E-state index is 11.6. The van der Waals surface area contributed by atoms with Crippen LogP contribution in [0.25, 0.3) is 0 Å². The second-order valence-corrected chi connectivity index (χ2v) is 11.3. The highest BCUT2D eigenvalue weighted by Crippen LogP contribution is 2.23. The number of hydrogen-bond acceptors (Lipinski definition) is 9. The molecule has 248 valence electrons. The molecule has 0 atom stereocenters. The lowest BCUT2D eigenvalue weighted by atomic mass is 9.87. The van der Waals surface area contributed by atoms with Gasteiger partial charge in [-0.2, -0.15) is 15.0 Å². The molecule has 3 N–H and O–H groups in total. The molecule has 0 bridgehead atoms. The van der Waals surface area contributed by atoms with Gasteiger partial charge in [-0.1, -0.05) is 26.2 Å². The van der Waals surface area contributed by atoms with Crippen LogP contribution in [0.1, 0.15) is 64.7 Å². The van der Waals surface area contributed by atoms with Crippen molar-refractivity contribution in [2.24, 2.45) is 21.8 Å². The van der Waals surface area contributed by atoms with Gasteiger partial charge in [-0.25, -0.2) is 14.4 Å². The topological polar surface area (TPSA) is 185 Å².